The zero-order valence-corrected chi connectivity index (χ0v) is 9.34. The minimum absolute atomic E-state index is 0.728. The van der Waals surface area contributed by atoms with Crippen LogP contribution in [0.3, 0.4) is 0 Å². The van der Waals surface area contributed by atoms with Crippen LogP contribution in [-0.4, -0.2) is 24.5 Å². The van der Waals surface area contributed by atoms with Gasteiger partial charge < -0.3 is 4.90 Å². The van der Waals surface area contributed by atoms with E-state index in [0.717, 1.165) is 18.8 Å². The molecule has 0 unspecified atom stereocenters. The Bertz CT molecular complexity index is 175. The molecule has 2 heteroatoms. The topological polar surface area (TPSA) is 27.0 Å². The van der Waals surface area contributed by atoms with Gasteiger partial charge in [0.1, 0.15) is 0 Å². The van der Waals surface area contributed by atoms with Crippen molar-refractivity contribution in [2.75, 3.05) is 19.6 Å². The number of piperidine rings is 1. The van der Waals surface area contributed by atoms with Crippen molar-refractivity contribution in [3.63, 3.8) is 0 Å². The Morgan fingerprint density at radius 2 is 2.00 bits per heavy atom. The highest BCUT2D eigenvalue weighted by molar-refractivity contribution is 4.72. The van der Waals surface area contributed by atoms with Gasteiger partial charge >= 0.3 is 0 Å². The quantitative estimate of drug-likeness (QED) is 0.629. The second-order valence-corrected chi connectivity index (χ2v) is 4.31. The molecule has 1 fully saturated rings. The highest BCUT2D eigenvalue weighted by Gasteiger charge is 2.16. The highest BCUT2D eigenvalue weighted by atomic mass is 15.1. The molecule has 0 aliphatic carbocycles. The minimum atomic E-state index is 0.728. The van der Waals surface area contributed by atoms with Crippen molar-refractivity contribution < 1.29 is 0 Å². The van der Waals surface area contributed by atoms with E-state index in [9.17, 15) is 0 Å². The van der Waals surface area contributed by atoms with Crippen LogP contribution < -0.4 is 0 Å². The molecule has 1 aliphatic rings. The van der Waals surface area contributed by atoms with Crippen LogP contribution in [0.4, 0.5) is 0 Å². The summed E-state index contributed by atoms with van der Waals surface area (Å²) in [5.74, 6) is 0.977. The van der Waals surface area contributed by atoms with Gasteiger partial charge in [-0.15, -0.1) is 0 Å². The van der Waals surface area contributed by atoms with Gasteiger partial charge in [0.05, 0.1) is 6.07 Å². The van der Waals surface area contributed by atoms with E-state index in [1.807, 2.05) is 0 Å². The molecule has 0 aromatic carbocycles. The minimum Gasteiger partial charge on any atom is -0.303 e. The first-order valence-electron chi connectivity index (χ1n) is 5.96. The van der Waals surface area contributed by atoms with Crippen LogP contribution in [0.15, 0.2) is 0 Å². The molecule has 0 saturated carbocycles. The van der Waals surface area contributed by atoms with E-state index < -0.39 is 0 Å². The molecule has 0 N–H and O–H groups in total. The normalized spacial score (nSPS) is 19.4. The molecular weight excluding hydrogens is 172 g/mol. The number of rotatable bonds is 5. The summed E-state index contributed by atoms with van der Waals surface area (Å²) in [6, 6.07) is 2.20. The molecule has 1 saturated heterocycles. The van der Waals surface area contributed by atoms with E-state index in [2.05, 4.69) is 17.9 Å². The van der Waals surface area contributed by atoms with Gasteiger partial charge in [-0.25, -0.2) is 0 Å². The Morgan fingerprint density at radius 1 is 1.29 bits per heavy atom. The molecule has 1 heterocycles. The number of nitrogens with zero attached hydrogens (tertiary/aromatic N) is 2. The van der Waals surface area contributed by atoms with Gasteiger partial charge in [0.2, 0.25) is 0 Å². The first kappa shape index (κ1) is 11.5. The summed E-state index contributed by atoms with van der Waals surface area (Å²) in [4.78, 5) is 2.56. The SMILES string of the molecule is CCC1CCN(CCCCC#N)CC1. The summed E-state index contributed by atoms with van der Waals surface area (Å²) < 4.78 is 0. The van der Waals surface area contributed by atoms with Crippen LogP contribution in [0, 0.1) is 17.2 Å². The maximum absolute atomic E-state index is 8.41. The van der Waals surface area contributed by atoms with Crippen LogP contribution in [-0.2, 0) is 0 Å². The Labute approximate surface area is 87.9 Å². The largest absolute Gasteiger partial charge is 0.303 e. The lowest BCUT2D eigenvalue weighted by atomic mass is 9.94. The standard InChI is InChI=1S/C12H22N2/c1-2-12-6-10-14(11-7-12)9-5-3-4-8-13/h12H,2-7,9-11H2,1H3. The highest BCUT2D eigenvalue weighted by Crippen LogP contribution is 2.19. The third-order valence-electron chi connectivity index (χ3n) is 3.30. The zero-order valence-electron chi connectivity index (χ0n) is 9.34. The van der Waals surface area contributed by atoms with Crippen molar-refractivity contribution in [2.24, 2.45) is 5.92 Å². The zero-order chi connectivity index (χ0) is 10.2. The third kappa shape index (κ3) is 4.11. The fraction of sp³-hybridized carbons (Fsp3) is 0.917. The van der Waals surface area contributed by atoms with Gasteiger partial charge in [-0.2, -0.15) is 5.26 Å². The van der Waals surface area contributed by atoms with Gasteiger partial charge in [-0.05, 0) is 51.2 Å². The molecule has 0 atom stereocenters. The van der Waals surface area contributed by atoms with E-state index >= 15 is 0 Å². The van der Waals surface area contributed by atoms with Gasteiger partial charge in [-0.3, -0.25) is 0 Å². The maximum atomic E-state index is 8.41. The number of nitriles is 1. The molecule has 0 aromatic heterocycles. The van der Waals surface area contributed by atoms with E-state index in [0.29, 0.717) is 0 Å². The second kappa shape index (κ2) is 6.84. The van der Waals surface area contributed by atoms with E-state index in [4.69, 9.17) is 5.26 Å². The molecule has 0 amide bonds. The molecule has 0 spiro atoms. The maximum Gasteiger partial charge on any atom is 0.0621 e. The lowest BCUT2D eigenvalue weighted by Gasteiger charge is -2.31. The number of unbranched alkanes of at least 4 members (excludes halogenated alkanes) is 2. The predicted molar refractivity (Wildman–Crippen MR) is 58.9 cm³/mol. The average molecular weight is 194 g/mol. The number of hydrogen-bond donors (Lipinski definition) is 0. The monoisotopic (exact) mass is 194 g/mol. The van der Waals surface area contributed by atoms with Crippen molar-refractivity contribution in [3.8, 4) is 6.07 Å². The van der Waals surface area contributed by atoms with Crippen LogP contribution in [0.5, 0.6) is 0 Å². The first-order chi connectivity index (χ1) is 6.86. The second-order valence-electron chi connectivity index (χ2n) is 4.31. The van der Waals surface area contributed by atoms with Crippen LogP contribution in [0.2, 0.25) is 0 Å². The molecule has 1 aliphatic heterocycles. The Hall–Kier alpha value is -0.550. The number of likely N-dealkylation sites (tertiary alicyclic amines) is 1. The van der Waals surface area contributed by atoms with Gasteiger partial charge in [0.25, 0.3) is 0 Å². The molecule has 2 nitrogen and oxygen atoms in total. The smallest absolute Gasteiger partial charge is 0.0621 e. The summed E-state index contributed by atoms with van der Waals surface area (Å²) in [7, 11) is 0. The summed E-state index contributed by atoms with van der Waals surface area (Å²) in [6.45, 7) is 6.07. The Balaban J connectivity index is 2.02. The lowest BCUT2D eigenvalue weighted by molar-refractivity contribution is 0.179. The summed E-state index contributed by atoms with van der Waals surface area (Å²) in [5, 5.41) is 8.41. The molecule has 14 heavy (non-hydrogen) atoms. The Morgan fingerprint density at radius 3 is 2.57 bits per heavy atom. The predicted octanol–water partition coefficient (Wildman–Crippen LogP) is 2.80. The van der Waals surface area contributed by atoms with E-state index in [-0.39, 0.29) is 0 Å². The summed E-state index contributed by atoms with van der Waals surface area (Å²) in [6.07, 6.45) is 7.12. The van der Waals surface area contributed by atoms with Crippen LogP contribution in [0.1, 0.15) is 45.4 Å². The molecule has 0 bridgehead atoms. The summed E-state index contributed by atoms with van der Waals surface area (Å²) in [5.41, 5.74) is 0. The fourth-order valence-electron chi connectivity index (χ4n) is 2.16. The van der Waals surface area contributed by atoms with Crippen molar-refractivity contribution in [2.45, 2.75) is 45.4 Å². The molecule has 0 aromatic rings. The number of hydrogen-bond acceptors (Lipinski definition) is 2. The molecular formula is C12H22N2. The molecule has 1 rings (SSSR count). The summed E-state index contributed by atoms with van der Waals surface area (Å²) >= 11 is 0. The van der Waals surface area contributed by atoms with Gasteiger partial charge in [-0.1, -0.05) is 13.3 Å². The van der Waals surface area contributed by atoms with Gasteiger partial charge in [0.15, 0.2) is 0 Å². The lowest BCUT2D eigenvalue weighted by Crippen LogP contribution is -2.34. The van der Waals surface area contributed by atoms with E-state index in [1.165, 1.54) is 45.3 Å². The first-order valence-corrected chi connectivity index (χ1v) is 5.96. The van der Waals surface area contributed by atoms with Crippen molar-refractivity contribution in [3.05, 3.63) is 0 Å². The molecule has 0 radical (unpaired) electrons. The third-order valence-corrected chi connectivity index (χ3v) is 3.30. The van der Waals surface area contributed by atoms with Crippen molar-refractivity contribution in [1.29, 1.82) is 5.26 Å². The van der Waals surface area contributed by atoms with Crippen LogP contribution in [0.25, 0.3) is 0 Å². The average Bonchev–Trinajstić information content (AvgIpc) is 2.25. The Kier molecular flexibility index (Phi) is 5.63. The van der Waals surface area contributed by atoms with Gasteiger partial charge in [0, 0.05) is 6.42 Å². The van der Waals surface area contributed by atoms with Crippen molar-refractivity contribution in [1.82, 2.24) is 4.90 Å². The van der Waals surface area contributed by atoms with E-state index in [1.54, 1.807) is 0 Å². The molecule has 80 valence electrons. The van der Waals surface area contributed by atoms with Crippen molar-refractivity contribution >= 4 is 0 Å². The fourth-order valence-corrected chi connectivity index (χ4v) is 2.16. The van der Waals surface area contributed by atoms with Crippen LogP contribution >= 0.6 is 0 Å².